The van der Waals surface area contributed by atoms with Crippen molar-refractivity contribution in [3.63, 3.8) is 0 Å². The number of nitrogens with zero attached hydrogens (tertiary/aromatic N) is 2. The molecule has 3 nitrogen and oxygen atoms in total. The van der Waals surface area contributed by atoms with E-state index in [0.717, 1.165) is 36.3 Å². The number of benzene rings is 1. The van der Waals surface area contributed by atoms with Gasteiger partial charge in [0.05, 0.1) is 11.4 Å². The Morgan fingerprint density at radius 2 is 2.00 bits per heavy atom. The molecular weight excluding hydrogens is 253 g/mol. The van der Waals surface area contributed by atoms with Gasteiger partial charge in [0.1, 0.15) is 5.82 Å². The van der Waals surface area contributed by atoms with E-state index in [-0.39, 0.29) is 5.82 Å². The molecule has 1 fully saturated rings. The monoisotopic (exact) mass is 271 g/mol. The van der Waals surface area contributed by atoms with Gasteiger partial charge in [0, 0.05) is 25.0 Å². The predicted molar refractivity (Wildman–Crippen MR) is 75.8 cm³/mol. The van der Waals surface area contributed by atoms with Gasteiger partial charge >= 0.3 is 0 Å². The van der Waals surface area contributed by atoms with Gasteiger partial charge in [0.15, 0.2) is 0 Å². The molecule has 0 unspecified atom stereocenters. The van der Waals surface area contributed by atoms with Crippen molar-refractivity contribution in [1.29, 1.82) is 0 Å². The van der Waals surface area contributed by atoms with Crippen LogP contribution in [0.4, 0.5) is 4.39 Å². The van der Waals surface area contributed by atoms with Crippen molar-refractivity contribution >= 4 is 0 Å². The molecule has 1 aliphatic rings. The summed E-state index contributed by atoms with van der Waals surface area (Å²) in [5.74, 6) is 0.262. The van der Waals surface area contributed by atoms with Crippen molar-refractivity contribution in [2.45, 2.75) is 38.3 Å². The molecule has 1 aliphatic carbocycles. The lowest BCUT2D eigenvalue weighted by atomic mass is 9.75. The summed E-state index contributed by atoms with van der Waals surface area (Å²) in [6.45, 7) is 2.65. The van der Waals surface area contributed by atoms with E-state index < -0.39 is 0 Å². The summed E-state index contributed by atoms with van der Waals surface area (Å²) < 4.78 is 13.6. The first-order valence-electron chi connectivity index (χ1n) is 6.97. The first-order chi connectivity index (χ1) is 9.72. The topological polar surface area (TPSA) is 37.8 Å². The van der Waals surface area contributed by atoms with Crippen LogP contribution in [0.3, 0.4) is 0 Å². The van der Waals surface area contributed by atoms with Crippen LogP contribution in [0, 0.1) is 12.7 Å². The fourth-order valence-electron chi connectivity index (χ4n) is 2.60. The van der Waals surface area contributed by atoms with Crippen molar-refractivity contribution in [2.75, 3.05) is 0 Å². The van der Waals surface area contributed by atoms with Crippen molar-refractivity contribution in [3.05, 3.63) is 59.4 Å². The van der Waals surface area contributed by atoms with Gasteiger partial charge in [-0.2, -0.15) is 0 Å². The largest absolute Gasteiger partial charge is 0.308 e. The molecule has 104 valence electrons. The van der Waals surface area contributed by atoms with E-state index in [9.17, 15) is 4.39 Å². The third kappa shape index (κ3) is 2.85. The molecule has 0 amide bonds. The molecule has 1 N–H and O–H groups in total. The first-order valence-corrected chi connectivity index (χ1v) is 6.97. The van der Waals surface area contributed by atoms with E-state index in [1.54, 1.807) is 18.5 Å². The Balaban J connectivity index is 1.49. The molecule has 2 aromatic rings. The number of nitrogens with one attached hydrogen (secondary N) is 1. The molecule has 0 radical (unpaired) electrons. The van der Waals surface area contributed by atoms with Gasteiger partial charge in [-0.05, 0) is 37.3 Å². The molecule has 1 heterocycles. The van der Waals surface area contributed by atoms with Crippen LogP contribution in [0.1, 0.15) is 35.7 Å². The van der Waals surface area contributed by atoms with Crippen LogP contribution >= 0.6 is 0 Å². The Kier molecular flexibility index (Phi) is 3.74. The molecule has 0 bridgehead atoms. The van der Waals surface area contributed by atoms with Crippen molar-refractivity contribution in [2.24, 2.45) is 0 Å². The van der Waals surface area contributed by atoms with E-state index in [2.05, 4.69) is 15.3 Å². The zero-order chi connectivity index (χ0) is 13.9. The van der Waals surface area contributed by atoms with Crippen molar-refractivity contribution in [3.8, 4) is 0 Å². The second kappa shape index (κ2) is 5.67. The Labute approximate surface area is 118 Å². The molecule has 1 aromatic heterocycles. The molecular formula is C16H18FN3. The second-order valence-corrected chi connectivity index (χ2v) is 5.42. The highest BCUT2D eigenvalue weighted by molar-refractivity contribution is 5.24. The van der Waals surface area contributed by atoms with E-state index in [1.807, 2.05) is 19.1 Å². The first kappa shape index (κ1) is 13.2. The molecule has 0 spiro atoms. The van der Waals surface area contributed by atoms with Crippen molar-refractivity contribution < 1.29 is 4.39 Å². The summed E-state index contributed by atoms with van der Waals surface area (Å²) in [5.41, 5.74) is 2.72. The van der Waals surface area contributed by atoms with E-state index >= 15 is 0 Å². The fraction of sp³-hybridized carbons (Fsp3) is 0.375. The van der Waals surface area contributed by atoms with Crippen LogP contribution in [0.15, 0.2) is 36.7 Å². The summed E-state index contributed by atoms with van der Waals surface area (Å²) >= 11 is 0. The van der Waals surface area contributed by atoms with E-state index in [4.69, 9.17) is 0 Å². The van der Waals surface area contributed by atoms with Gasteiger partial charge in [-0.3, -0.25) is 9.97 Å². The molecule has 4 heteroatoms. The molecule has 0 aliphatic heterocycles. The lowest BCUT2D eigenvalue weighted by Crippen LogP contribution is -2.40. The van der Waals surface area contributed by atoms with Gasteiger partial charge < -0.3 is 5.32 Å². The lowest BCUT2D eigenvalue weighted by molar-refractivity contribution is 0.283. The number of halogens is 1. The summed E-state index contributed by atoms with van der Waals surface area (Å²) in [7, 11) is 0. The highest BCUT2D eigenvalue weighted by atomic mass is 19.1. The SMILES string of the molecule is Cc1cnc(CNC2CC(c3ccccc3F)C2)cn1. The molecule has 0 saturated heterocycles. The second-order valence-electron chi connectivity index (χ2n) is 5.42. The zero-order valence-electron chi connectivity index (χ0n) is 11.5. The Morgan fingerprint density at radius 1 is 1.20 bits per heavy atom. The molecule has 0 atom stereocenters. The third-order valence-corrected chi connectivity index (χ3v) is 3.89. The quantitative estimate of drug-likeness (QED) is 0.929. The summed E-state index contributed by atoms with van der Waals surface area (Å²) in [4.78, 5) is 8.54. The molecule has 3 rings (SSSR count). The van der Waals surface area contributed by atoms with E-state index in [0.29, 0.717) is 12.0 Å². The average molecular weight is 271 g/mol. The minimum atomic E-state index is -0.0830. The summed E-state index contributed by atoms with van der Waals surface area (Å²) in [6, 6.07) is 7.52. The lowest BCUT2D eigenvalue weighted by Gasteiger charge is -2.36. The van der Waals surface area contributed by atoms with Crippen LogP contribution < -0.4 is 5.32 Å². The Morgan fingerprint density at radius 3 is 2.70 bits per heavy atom. The summed E-state index contributed by atoms with van der Waals surface area (Å²) in [5, 5.41) is 3.45. The minimum absolute atomic E-state index is 0.0830. The predicted octanol–water partition coefficient (Wildman–Crippen LogP) is 2.96. The normalized spacial score (nSPS) is 21.5. The number of aryl methyl sites for hydroxylation is 1. The number of aromatic nitrogens is 2. The Bertz CT molecular complexity index is 577. The average Bonchev–Trinajstić information content (AvgIpc) is 2.41. The fourth-order valence-corrected chi connectivity index (χ4v) is 2.60. The molecule has 1 saturated carbocycles. The van der Waals surface area contributed by atoms with Gasteiger partial charge in [-0.1, -0.05) is 18.2 Å². The number of rotatable bonds is 4. The maximum atomic E-state index is 13.6. The van der Waals surface area contributed by atoms with Gasteiger partial charge in [-0.15, -0.1) is 0 Å². The highest BCUT2D eigenvalue weighted by Crippen LogP contribution is 2.37. The van der Waals surface area contributed by atoms with Crippen LogP contribution in [-0.2, 0) is 6.54 Å². The van der Waals surface area contributed by atoms with Crippen LogP contribution in [0.5, 0.6) is 0 Å². The van der Waals surface area contributed by atoms with Crippen LogP contribution in [0.25, 0.3) is 0 Å². The number of hydrogen-bond donors (Lipinski definition) is 1. The van der Waals surface area contributed by atoms with Crippen molar-refractivity contribution in [1.82, 2.24) is 15.3 Å². The van der Waals surface area contributed by atoms with Gasteiger partial charge in [0.25, 0.3) is 0 Å². The standard InChI is InChI=1S/C16H18FN3/c1-11-8-19-14(9-18-11)10-20-13-6-12(7-13)15-4-2-3-5-16(15)17/h2-5,8-9,12-13,20H,6-7,10H2,1H3. The highest BCUT2D eigenvalue weighted by Gasteiger charge is 2.31. The van der Waals surface area contributed by atoms with Crippen LogP contribution in [0.2, 0.25) is 0 Å². The molecule has 20 heavy (non-hydrogen) atoms. The minimum Gasteiger partial charge on any atom is -0.308 e. The third-order valence-electron chi connectivity index (χ3n) is 3.89. The van der Waals surface area contributed by atoms with Gasteiger partial charge in [0.2, 0.25) is 0 Å². The van der Waals surface area contributed by atoms with E-state index in [1.165, 1.54) is 6.07 Å². The maximum absolute atomic E-state index is 13.6. The number of hydrogen-bond acceptors (Lipinski definition) is 3. The zero-order valence-corrected chi connectivity index (χ0v) is 11.5. The maximum Gasteiger partial charge on any atom is 0.126 e. The smallest absolute Gasteiger partial charge is 0.126 e. The molecule has 1 aromatic carbocycles. The van der Waals surface area contributed by atoms with Crippen LogP contribution in [-0.4, -0.2) is 16.0 Å². The Hall–Kier alpha value is -1.81. The van der Waals surface area contributed by atoms with Gasteiger partial charge in [-0.25, -0.2) is 4.39 Å². The summed E-state index contributed by atoms with van der Waals surface area (Å²) in [6.07, 6.45) is 5.55.